The lowest BCUT2D eigenvalue weighted by atomic mass is 9.88. The second kappa shape index (κ2) is 8.54. The Morgan fingerprint density at radius 2 is 2.00 bits per heavy atom. The van der Waals surface area contributed by atoms with Crippen molar-refractivity contribution < 1.29 is 49.4 Å². The zero-order valence-electron chi connectivity index (χ0n) is 13.8. The number of carboxylic acid groups (broad SMARTS) is 1. The Morgan fingerprint density at radius 1 is 1.40 bits per heavy atom. The highest BCUT2D eigenvalue weighted by atomic mass is 16.7. The molecule has 1 fully saturated rings. The number of carbonyl (C=O) groups excluding carboxylic acids is 2. The highest BCUT2D eigenvalue weighted by Gasteiger charge is 2.54. The van der Waals surface area contributed by atoms with Crippen molar-refractivity contribution in [2.45, 2.75) is 62.9 Å². The number of esters is 1. The molecule has 11 heteroatoms. The lowest BCUT2D eigenvalue weighted by molar-refractivity contribution is -0.294. The Hall–Kier alpha value is -1.79. The quantitative estimate of drug-likeness (QED) is 0.256. The van der Waals surface area contributed by atoms with Gasteiger partial charge in [-0.2, -0.15) is 0 Å². The van der Waals surface area contributed by atoms with Gasteiger partial charge in [-0.05, 0) is 6.42 Å². The van der Waals surface area contributed by atoms with E-state index in [1.807, 2.05) is 0 Å². The molecule has 0 aromatic rings. The van der Waals surface area contributed by atoms with Crippen molar-refractivity contribution in [1.29, 1.82) is 0 Å². The molecule has 0 aliphatic carbocycles. The second-order valence-electron chi connectivity index (χ2n) is 5.74. The van der Waals surface area contributed by atoms with Crippen LogP contribution in [0.4, 0.5) is 0 Å². The Morgan fingerprint density at radius 3 is 2.44 bits per heavy atom. The summed E-state index contributed by atoms with van der Waals surface area (Å²) in [6, 6.07) is -1.35. The van der Waals surface area contributed by atoms with Crippen molar-refractivity contribution in [2.24, 2.45) is 0 Å². The van der Waals surface area contributed by atoms with Crippen LogP contribution in [0.3, 0.4) is 0 Å². The molecule has 0 spiro atoms. The van der Waals surface area contributed by atoms with Crippen LogP contribution < -0.4 is 5.32 Å². The Balaban J connectivity index is 3.15. The Bertz CT molecular complexity index is 512. The van der Waals surface area contributed by atoms with Gasteiger partial charge in [0.2, 0.25) is 5.91 Å². The summed E-state index contributed by atoms with van der Waals surface area (Å²) >= 11 is 0. The predicted molar refractivity (Wildman–Crippen MR) is 79.0 cm³/mol. The van der Waals surface area contributed by atoms with Crippen LogP contribution in [-0.4, -0.2) is 86.2 Å². The van der Waals surface area contributed by atoms with Crippen LogP contribution in [0.5, 0.6) is 0 Å². The molecule has 144 valence electrons. The molecule has 1 aliphatic rings. The third-order valence-corrected chi connectivity index (χ3v) is 3.83. The molecule has 6 atom stereocenters. The number of aliphatic carboxylic acids is 1. The summed E-state index contributed by atoms with van der Waals surface area (Å²) < 4.78 is 9.96. The first-order chi connectivity index (χ1) is 11.6. The fraction of sp³-hybridized carbons (Fsp3) is 0.786. The van der Waals surface area contributed by atoms with Gasteiger partial charge in [-0.1, -0.05) is 6.92 Å². The first kappa shape index (κ1) is 21.3. The van der Waals surface area contributed by atoms with E-state index in [0.717, 1.165) is 6.92 Å². The Labute approximate surface area is 143 Å². The minimum Gasteiger partial charge on any atom is -0.477 e. The van der Waals surface area contributed by atoms with Gasteiger partial charge < -0.3 is 40.3 Å². The zero-order chi connectivity index (χ0) is 19.4. The normalized spacial score (nSPS) is 31.7. The van der Waals surface area contributed by atoms with Gasteiger partial charge in [0.1, 0.15) is 24.9 Å². The van der Waals surface area contributed by atoms with E-state index in [1.54, 1.807) is 6.92 Å². The minimum atomic E-state index is -2.81. The van der Waals surface area contributed by atoms with Crippen molar-refractivity contribution in [1.82, 2.24) is 5.32 Å². The molecule has 1 rings (SSSR count). The number of hydrogen-bond donors (Lipinski definition) is 6. The first-order valence-corrected chi connectivity index (χ1v) is 7.62. The number of aliphatic hydroxyl groups is 4. The molecule has 11 nitrogen and oxygen atoms in total. The zero-order valence-corrected chi connectivity index (χ0v) is 13.8. The average molecular weight is 365 g/mol. The SMILES string of the molecule is CCC(OC(C)=O)C(O)C1OC(O)(C(=O)O)CC(O)C1NC(=O)CO. The number of amides is 1. The maximum atomic E-state index is 11.4. The molecule has 1 saturated heterocycles. The molecule has 0 saturated carbocycles. The molecule has 0 aromatic heterocycles. The van der Waals surface area contributed by atoms with Crippen molar-refractivity contribution >= 4 is 17.8 Å². The van der Waals surface area contributed by atoms with Crippen LogP contribution >= 0.6 is 0 Å². The Kier molecular flexibility index (Phi) is 7.26. The maximum absolute atomic E-state index is 11.4. The lowest BCUT2D eigenvalue weighted by Gasteiger charge is -2.45. The van der Waals surface area contributed by atoms with E-state index >= 15 is 0 Å². The standard InChI is InChI=1S/C14H23NO10/c1-3-8(24-6(2)17)11(20)12-10(15-9(19)5-16)7(18)4-14(23,25-12)13(21)22/h7-8,10-12,16,18,20,23H,3-5H2,1-2H3,(H,15,19)(H,21,22). The smallest absolute Gasteiger partial charge is 0.364 e. The molecule has 6 unspecified atom stereocenters. The third-order valence-electron chi connectivity index (χ3n) is 3.83. The summed E-state index contributed by atoms with van der Waals surface area (Å²) in [6.07, 6.45) is -6.71. The van der Waals surface area contributed by atoms with Gasteiger partial charge in [0.15, 0.2) is 0 Å². The minimum absolute atomic E-state index is 0.114. The van der Waals surface area contributed by atoms with Crippen LogP contribution in [0.1, 0.15) is 26.7 Å². The molecule has 1 amide bonds. The molecule has 1 aliphatic heterocycles. The van der Waals surface area contributed by atoms with Crippen molar-refractivity contribution in [3.8, 4) is 0 Å². The van der Waals surface area contributed by atoms with Crippen LogP contribution in [0.25, 0.3) is 0 Å². The summed E-state index contributed by atoms with van der Waals surface area (Å²) in [4.78, 5) is 33.8. The summed E-state index contributed by atoms with van der Waals surface area (Å²) in [5.74, 6) is -6.23. The van der Waals surface area contributed by atoms with Gasteiger partial charge in [0, 0.05) is 13.3 Å². The summed E-state index contributed by atoms with van der Waals surface area (Å²) in [5, 5.41) is 50.7. The van der Waals surface area contributed by atoms with Crippen molar-refractivity contribution in [3.05, 3.63) is 0 Å². The van der Waals surface area contributed by atoms with E-state index in [9.17, 15) is 29.7 Å². The number of hydrogen-bond acceptors (Lipinski definition) is 9. The second-order valence-corrected chi connectivity index (χ2v) is 5.74. The van der Waals surface area contributed by atoms with Crippen LogP contribution in [0.2, 0.25) is 0 Å². The van der Waals surface area contributed by atoms with Crippen LogP contribution in [-0.2, 0) is 23.9 Å². The maximum Gasteiger partial charge on any atom is 0.364 e. The van der Waals surface area contributed by atoms with Gasteiger partial charge in [0.25, 0.3) is 5.79 Å². The van der Waals surface area contributed by atoms with E-state index in [-0.39, 0.29) is 6.42 Å². The lowest BCUT2D eigenvalue weighted by Crippen LogP contribution is -2.67. The molecule has 0 aromatic carbocycles. The number of nitrogens with one attached hydrogen (secondary N) is 1. The fourth-order valence-corrected chi connectivity index (χ4v) is 2.62. The summed E-state index contributed by atoms with van der Waals surface area (Å²) in [7, 11) is 0. The number of ether oxygens (including phenoxy) is 2. The van der Waals surface area contributed by atoms with Gasteiger partial charge in [-0.15, -0.1) is 0 Å². The summed E-state index contributed by atoms with van der Waals surface area (Å²) in [6.45, 7) is 1.75. The van der Waals surface area contributed by atoms with Gasteiger partial charge in [-0.3, -0.25) is 9.59 Å². The van der Waals surface area contributed by atoms with E-state index < -0.39 is 67.1 Å². The molecule has 25 heavy (non-hydrogen) atoms. The van der Waals surface area contributed by atoms with Crippen molar-refractivity contribution in [3.63, 3.8) is 0 Å². The number of rotatable bonds is 7. The average Bonchev–Trinajstić information content (AvgIpc) is 2.53. The molecule has 6 N–H and O–H groups in total. The summed E-state index contributed by atoms with van der Waals surface area (Å²) in [5.41, 5.74) is 0. The van der Waals surface area contributed by atoms with Gasteiger partial charge >= 0.3 is 11.9 Å². The molecule has 0 bridgehead atoms. The topological polar surface area (TPSA) is 183 Å². The van der Waals surface area contributed by atoms with E-state index in [1.165, 1.54) is 0 Å². The third kappa shape index (κ3) is 5.09. The molecular formula is C14H23NO10. The molecule has 0 radical (unpaired) electrons. The van der Waals surface area contributed by atoms with E-state index in [0.29, 0.717) is 0 Å². The van der Waals surface area contributed by atoms with Crippen LogP contribution in [0.15, 0.2) is 0 Å². The highest BCUT2D eigenvalue weighted by molar-refractivity contribution is 5.78. The van der Waals surface area contributed by atoms with Crippen LogP contribution in [0, 0.1) is 0 Å². The van der Waals surface area contributed by atoms with Crippen molar-refractivity contribution in [2.75, 3.05) is 6.61 Å². The number of carbonyl (C=O) groups is 3. The number of carboxylic acids is 1. The van der Waals surface area contributed by atoms with Gasteiger partial charge in [-0.25, -0.2) is 4.79 Å². The number of aliphatic hydroxyl groups excluding tert-OH is 3. The largest absolute Gasteiger partial charge is 0.477 e. The first-order valence-electron chi connectivity index (χ1n) is 7.62. The highest BCUT2D eigenvalue weighted by Crippen LogP contribution is 2.31. The van der Waals surface area contributed by atoms with E-state index in [2.05, 4.69) is 5.32 Å². The molecule has 1 heterocycles. The van der Waals surface area contributed by atoms with Gasteiger partial charge in [0.05, 0.1) is 12.1 Å². The predicted octanol–water partition coefficient (Wildman–Crippen LogP) is -2.91. The monoisotopic (exact) mass is 365 g/mol. The molecular weight excluding hydrogens is 342 g/mol. The van der Waals surface area contributed by atoms with E-state index in [4.69, 9.17) is 19.7 Å². The fourth-order valence-electron chi connectivity index (χ4n) is 2.62.